The molecule has 1 fully saturated rings. The number of hydrogen-bond acceptors (Lipinski definition) is 1. The van der Waals surface area contributed by atoms with Crippen molar-refractivity contribution in [2.24, 2.45) is 5.92 Å². The summed E-state index contributed by atoms with van der Waals surface area (Å²) < 4.78 is 37.8. The standard InChI is InChI=1S/C13H16F3N/c1-17-12(7-9-5-6-9)10-3-2-4-11(8-10)13(14,15)16/h2-4,8-9,12,17H,5-7H2,1H3. The lowest BCUT2D eigenvalue weighted by Gasteiger charge is -2.17. The summed E-state index contributed by atoms with van der Waals surface area (Å²) in [5.74, 6) is 0.682. The lowest BCUT2D eigenvalue weighted by Crippen LogP contribution is -2.18. The van der Waals surface area contributed by atoms with Crippen molar-refractivity contribution in [1.29, 1.82) is 0 Å². The van der Waals surface area contributed by atoms with E-state index in [-0.39, 0.29) is 6.04 Å². The van der Waals surface area contributed by atoms with Gasteiger partial charge in [-0.05, 0) is 37.1 Å². The van der Waals surface area contributed by atoms with Gasteiger partial charge in [0, 0.05) is 6.04 Å². The van der Waals surface area contributed by atoms with E-state index in [0.29, 0.717) is 5.92 Å². The lowest BCUT2D eigenvalue weighted by molar-refractivity contribution is -0.137. The van der Waals surface area contributed by atoms with Crippen LogP contribution in [0, 0.1) is 5.92 Å². The van der Waals surface area contributed by atoms with Gasteiger partial charge in [-0.15, -0.1) is 0 Å². The van der Waals surface area contributed by atoms with Crippen LogP contribution < -0.4 is 5.32 Å². The Bertz CT molecular complexity index is 382. The first kappa shape index (κ1) is 12.4. The molecule has 1 saturated carbocycles. The van der Waals surface area contributed by atoms with Gasteiger partial charge >= 0.3 is 6.18 Å². The normalized spacial score (nSPS) is 18.1. The number of nitrogens with one attached hydrogen (secondary N) is 1. The Labute approximate surface area is 99.0 Å². The second-order valence-electron chi connectivity index (χ2n) is 4.64. The van der Waals surface area contributed by atoms with E-state index in [1.54, 1.807) is 13.1 Å². The smallest absolute Gasteiger partial charge is 0.313 e. The van der Waals surface area contributed by atoms with Crippen LogP contribution in [0.1, 0.15) is 36.4 Å². The summed E-state index contributed by atoms with van der Waals surface area (Å²) in [7, 11) is 1.80. The topological polar surface area (TPSA) is 12.0 Å². The number of hydrogen-bond donors (Lipinski definition) is 1. The van der Waals surface area contributed by atoms with Crippen molar-refractivity contribution in [3.8, 4) is 0 Å². The zero-order valence-electron chi connectivity index (χ0n) is 9.72. The van der Waals surface area contributed by atoms with Crippen molar-refractivity contribution in [3.05, 3.63) is 35.4 Å². The highest BCUT2D eigenvalue weighted by Gasteiger charge is 2.31. The highest BCUT2D eigenvalue weighted by Crippen LogP contribution is 2.38. The Hall–Kier alpha value is -1.03. The third-order valence-corrected chi connectivity index (χ3v) is 3.23. The Kier molecular flexibility index (Phi) is 3.43. The molecule has 1 aliphatic carbocycles. The molecule has 0 amide bonds. The van der Waals surface area contributed by atoms with Gasteiger partial charge in [0.2, 0.25) is 0 Å². The van der Waals surface area contributed by atoms with E-state index in [1.807, 2.05) is 0 Å². The molecule has 2 rings (SSSR count). The van der Waals surface area contributed by atoms with Crippen LogP contribution in [0.3, 0.4) is 0 Å². The molecule has 17 heavy (non-hydrogen) atoms. The maximum atomic E-state index is 12.6. The molecule has 0 saturated heterocycles. The minimum Gasteiger partial charge on any atom is -0.313 e. The Morgan fingerprint density at radius 3 is 2.59 bits per heavy atom. The fourth-order valence-electron chi connectivity index (χ4n) is 2.04. The van der Waals surface area contributed by atoms with E-state index < -0.39 is 11.7 Å². The molecule has 1 nitrogen and oxygen atoms in total. The number of rotatable bonds is 4. The van der Waals surface area contributed by atoms with E-state index in [4.69, 9.17) is 0 Å². The molecule has 0 bridgehead atoms. The van der Waals surface area contributed by atoms with Crippen LogP contribution in [0.25, 0.3) is 0 Å². The first-order valence-electron chi connectivity index (χ1n) is 5.85. The highest BCUT2D eigenvalue weighted by molar-refractivity contribution is 5.28. The molecule has 1 atom stereocenters. The molecule has 1 unspecified atom stereocenters. The van der Waals surface area contributed by atoms with Crippen molar-refractivity contribution < 1.29 is 13.2 Å². The average Bonchev–Trinajstić information content (AvgIpc) is 3.09. The van der Waals surface area contributed by atoms with Gasteiger partial charge in [-0.3, -0.25) is 0 Å². The Balaban J connectivity index is 2.18. The maximum absolute atomic E-state index is 12.6. The summed E-state index contributed by atoms with van der Waals surface area (Å²) in [6.07, 6.45) is -0.917. The van der Waals surface area contributed by atoms with Crippen LogP contribution in [-0.2, 0) is 6.18 Å². The van der Waals surface area contributed by atoms with Crippen LogP contribution in [-0.4, -0.2) is 7.05 Å². The predicted octanol–water partition coefficient (Wildman–Crippen LogP) is 3.77. The van der Waals surface area contributed by atoms with Crippen LogP contribution in [0.4, 0.5) is 13.2 Å². The second-order valence-corrected chi connectivity index (χ2v) is 4.64. The van der Waals surface area contributed by atoms with Gasteiger partial charge in [-0.2, -0.15) is 13.2 Å². The molecule has 0 aromatic heterocycles. The molecule has 1 aliphatic rings. The van der Waals surface area contributed by atoms with Crippen LogP contribution in [0.2, 0.25) is 0 Å². The lowest BCUT2D eigenvalue weighted by atomic mass is 9.99. The fourth-order valence-corrected chi connectivity index (χ4v) is 2.04. The summed E-state index contributed by atoms with van der Waals surface area (Å²) >= 11 is 0. The van der Waals surface area contributed by atoms with Gasteiger partial charge < -0.3 is 5.32 Å². The van der Waals surface area contributed by atoms with Crippen LogP contribution >= 0.6 is 0 Å². The molecule has 0 radical (unpaired) electrons. The van der Waals surface area contributed by atoms with Crippen molar-refractivity contribution in [2.75, 3.05) is 7.05 Å². The first-order valence-corrected chi connectivity index (χ1v) is 5.85. The Morgan fingerprint density at radius 1 is 1.35 bits per heavy atom. The predicted molar refractivity (Wildman–Crippen MR) is 60.6 cm³/mol. The molecule has 4 heteroatoms. The molecular formula is C13H16F3N. The maximum Gasteiger partial charge on any atom is 0.416 e. The number of benzene rings is 1. The minimum absolute atomic E-state index is 0.0322. The molecule has 94 valence electrons. The molecule has 1 aromatic carbocycles. The summed E-state index contributed by atoms with van der Waals surface area (Å²) in [6, 6.07) is 5.65. The molecule has 1 N–H and O–H groups in total. The van der Waals surface area contributed by atoms with Gasteiger partial charge in [0.05, 0.1) is 5.56 Å². The van der Waals surface area contributed by atoms with Gasteiger partial charge in [0.15, 0.2) is 0 Å². The highest BCUT2D eigenvalue weighted by atomic mass is 19.4. The molecular weight excluding hydrogens is 227 g/mol. The van der Waals surface area contributed by atoms with E-state index >= 15 is 0 Å². The average molecular weight is 243 g/mol. The fraction of sp³-hybridized carbons (Fsp3) is 0.538. The largest absolute Gasteiger partial charge is 0.416 e. The van der Waals surface area contributed by atoms with Gasteiger partial charge in [0.25, 0.3) is 0 Å². The summed E-state index contributed by atoms with van der Waals surface area (Å²) in [5.41, 5.74) is 0.167. The van der Waals surface area contributed by atoms with E-state index in [2.05, 4.69) is 5.32 Å². The SMILES string of the molecule is CNC(CC1CC1)c1cccc(C(F)(F)F)c1. The number of halogens is 3. The second kappa shape index (κ2) is 4.69. The van der Waals surface area contributed by atoms with Gasteiger partial charge in [0.1, 0.15) is 0 Å². The third kappa shape index (κ3) is 3.22. The van der Waals surface area contributed by atoms with Crippen LogP contribution in [0.5, 0.6) is 0 Å². The number of alkyl halides is 3. The van der Waals surface area contributed by atoms with Crippen LogP contribution in [0.15, 0.2) is 24.3 Å². The molecule has 0 heterocycles. The van der Waals surface area contributed by atoms with E-state index in [0.717, 1.165) is 18.1 Å². The van der Waals surface area contributed by atoms with Crippen molar-refractivity contribution in [3.63, 3.8) is 0 Å². The quantitative estimate of drug-likeness (QED) is 0.848. The van der Waals surface area contributed by atoms with Crippen molar-refractivity contribution >= 4 is 0 Å². The van der Waals surface area contributed by atoms with Gasteiger partial charge in [-0.1, -0.05) is 25.0 Å². The van der Waals surface area contributed by atoms with E-state index in [9.17, 15) is 13.2 Å². The third-order valence-electron chi connectivity index (χ3n) is 3.23. The molecule has 0 aliphatic heterocycles. The summed E-state index contributed by atoms with van der Waals surface area (Å²) in [6.45, 7) is 0. The monoisotopic (exact) mass is 243 g/mol. The Morgan fingerprint density at radius 2 is 2.06 bits per heavy atom. The van der Waals surface area contributed by atoms with Crippen molar-refractivity contribution in [1.82, 2.24) is 5.32 Å². The van der Waals surface area contributed by atoms with Gasteiger partial charge in [-0.25, -0.2) is 0 Å². The summed E-state index contributed by atoms with van der Waals surface area (Å²) in [4.78, 5) is 0. The van der Waals surface area contributed by atoms with E-state index in [1.165, 1.54) is 25.0 Å². The zero-order chi connectivity index (χ0) is 12.5. The molecule has 1 aromatic rings. The first-order chi connectivity index (χ1) is 8.00. The molecule has 0 spiro atoms. The summed E-state index contributed by atoms with van der Waals surface area (Å²) in [5, 5.41) is 3.10. The minimum atomic E-state index is -4.26. The van der Waals surface area contributed by atoms with Crippen molar-refractivity contribution in [2.45, 2.75) is 31.5 Å². The zero-order valence-corrected chi connectivity index (χ0v) is 9.72.